The maximum atomic E-state index is 13.3. The molecule has 0 bridgehead atoms. The maximum Gasteiger partial charge on any atom is 0.330 e. The predicted molar refractivity (Wildman–Crippen MR) is 126 cm³/mol. The van der Waals surface area contributed by atoms with Gasteiger partial charge in [0.2, 0.25) is 0 Å². The summed E-state index contributed by atoms with van der Waals surface area (Å²) in [6, 6.07) is 14.7. The van der Waals surface area contributed by atoms with Crippen LogP contribution in [0.2, 0.25) is 0 Å². The number of nitrogens with zero attached hydrogens (tertiary/aromatic N) is 3. The molecule has 8 nitrogen and oxygen atoms in total. The lowest BCUT2D eigenvalue weighted by molar-refractivity contribution is -0.384. The number of rotatable bonds is 7. The zero-order chi connectivity index (χ0) is 23.8. The number of amides is 1. The van der Waals surface area contributed by atoms with Crippen molar-refractivity contribution >= 4 is 35.5 Å². The van der Waals surface area contributed by atoms with E-state index in [1.165, 1.54) is 12.1 Å². The summed E-state index contributed by atoms with van der Waals surface area (Å²) in [5, 5.41) is 10.6. The Kier molecular flexibility index (Phi) is 6.00. The van der Waals surface area contributed by atoms with E-state index in [0.29, 0.717) is 12.0 Å². The van der Waals surface area contributed by atoms with Crippen molar-refractivity contribution in [2.45, 2.75) is 55.5 Å². The summed E-state index contributed by atoms with van der Waals surface area (Å²) in [5.74, 6) is -0.621. The summed E-state index contributed by atoms with van der Waals surface area (Å²) in [5.41, 5.74) is 0.573. The summed E-state index contributed by atoms with van der Waals surface area (Å²) in [7, 11) is 0. The number of hydrogen-bond acceptors (Lipinski definition) is 7. The minimum atomic E-state index is -0.974. The van der Waals surface area contributed by atoms with E-state index >= 15 is 0 Å². The highest BCUT2D eigenvalue weighted by molar-refractivity contribution is 8.01. The predicted octanol–water partition coefficient (Wildman–Crippen LogP) is 3.97. The van der Waals surface area contributed by atoms with E-state index < -0.39 is 27.2 Å². The summed E-state index contributed by atoms with van der Waals surface area (Å²) < 4.78 is 5.04. The van der Waals surface area contributed by atoms with Crippen molar-refractivity contribution < 1.29 is 19.2 Å². The van der Waals surface area contributed by atoms with Crippen LogP contribution in [0.25, 0.3) is 0 Å². The number of carbonyl (C=O) groups excluding carboxylic acids is 2. The lowest BCUT2D eigenvalue weighted by atomic mass is 9.83. The zero-order valence-corrected chi connectivity index (χ0v) is 19.5. The Morgan fingerprint density at radius 2 is 1.88 bits per heavy atom. The van der Waals surface area contributed by atoms with E-state index in [-0.39, 0.29) is 23.6 Å². The van der Waals surface area contributed by atoms with E-state index in [1.807, 2.05) is 51.1 Å². The van der Waals surface area contributed by atoms with Gasteiger partial charge in [0.25, 0.3) is 11.6 Å². The smallest absolute Gasteiger partial charge is 0.330 e. The third-order valence-corrected chi connectivity index (χ3v) is 7.82. The molecule has 2 heterocycles. The third kappa shape index (κ3) is 4.01. The number of carbonyl (C=O) groups is 2. The molecular formula is C24H25N3O5S. The van der Waals surface area contributed by atoms with Gasteiger partial charge < -0.3 is 9.64 Å². The first-order chi connectivity index (χ1) is 15.7. The molecule has 9 heteroatoms. The fraction of sp³-hybridized carbons (Fsp3) is 0.375. The average Bonchev–Trinajstić information content (AvgIpc) is 3.07. The van der Waals surface area contributed by atoms with Gasteiger partial charge in [-0.3, -0.25) is 19.9 Å². The molecule has 33 heavy (non-hydrogen) atoms. The second-order valence-corrected chi connectivity index (χ2v) is 10.4. The monoisotopic (exact) mass is 467 g/mol. The number of esters is 1. The van der Waals surface area contributed by atoms with Crippen molar-refractivity contribution in [3.05, 3.63) is 75.8 Å². The number of aliphatic imine (C=N–C) groups is 1. The van der Waals surface area contributed by atoms with E-state index in [9.17, 15) is 19.7 Å². The number of fused-ring (bicyclic) bond motifs is 1. The van der Waals surface area contributed by atoms with Gasteiger partial charge in [-0.05, 0) is 43.5 Å². The molecule has 2 aliphatic rings. The van der Waals surface area contributed by atoms with Crippen LogP contribution < -0.4 is 0 Å². The van der Waals surface area contributed by atoms with E-state index in [2.05, 4.69) is 4.99 Å². The van der Waals surface area contributed by atoms with Gasteiger partial charge in [0.1, 0.15) is 18.0 Å². The van der Waals surface area contributed by atoms with Gasteiger partial charge in [0.05, 0.1) is 4.92 Å². The highest BCUT2D eigenvalue weighted by Crippen LogP contribution is 2.57. The number of ether oxygens (including phenoxy) is 1. The fourth-order valence-electron chi connectivity index (χ4n) is 4.31. The molecule has 0 N–H and O–H groups in total. The van der Waals surface area contributed by atoms with Crippen LogP contribution >= 0.6 is 11.8 Å². The number of nitro benzene ring substituents is 1. The van der Waals surface area contributed by atoms with Crippen molar-refractivity contribution in [2.75, 3.05) is 0 Å². The zero-order valence-electron chi connectivity index (χ0n) is 18.6. The molecule has 172 valence electrons. The largest absolute Gasteiger partial charge is 0.459 e. The van der Waals surface area contributed by atoms with Crippen LogP contribution in [-0.4, -0.2) is 49.6 Å². The highest BCUT2D eigenvalue weighted by atomic mass is 32.2. The Bertz CT molecular complexity index is 1100. The quantitative estimate of drug-likeness (QED) is 0.201. The molecule has 0 saturated carbocycles. The summed E-state index contributed by atoms with van der Waals surface area (Å²) in [6.45, 7) is 5.94. The van der Waals surface area contributed by atoms with Crippen LogP contribution in [0.1, 0.15) is 38.3 Å². The third-order valence-electron chi connectivity index (χ3n) is 6.15. The van der Waals surface area contributed by atoms with Gasteiger partial charge in [-0.2, -0.15) is 0 Å². The molecule has 0 spiro atoms. The molecule has 0 radical (unpaired) electrons. The topological polar surface area (TPSA) is 102 Å². The molecule has 2 aromatic rings. The Morgan fingerprint density at radius 1 is 1.21 bits per heavy atom. The molecule has 2 aromatic carbocycles. The first-order valence-corrected chi connectivity index (χ1v) is 11.6. The second-order valence-electron chi connectivity index (χ2n) is 8.67. The van der Waals surface area contributed by atoms with Crippen molar-refractivity contribution in [2.24, 2.45) is 4.99 Å². The fourth-order valence-corrected chi connectivity index (χ4v) is 6.08. The summed E-state index contributed by atoms with van der Waals surface area (Å²) >= 11 is 1.55. The van der Waals surface area contributed by atoms with Crippen LogP contribution in [0.3, 0.4) is 0 Å². The first-order valence-electron chi connectivity index (χ1n) is 10.7. The van der Waals surface area contributed by atoms with Crippen LogP contribution in [0.5, 0.6) is 0 Å². The van der Waals surface area contributed by atoms with Gasteiger partial charge in [-0.1, -0.05) is 37.3 Å². The first kappa shape index (κ1) is 23.0. The molecule has 2 aliphatic heterocycles. The SMILES string of the molecule is CC[C@@]1(N=Cc2ccc([N+](=O)[O-])cc2)C(=O)N2[C@@H](C(=O)OCc3ccccc3)C(C)(C)S[C@@H]21. The Balaban J connectivity index is 1.52. The van der Waals surface area contributed by atoms with Gasteiger partial charge in [0.15, 0.2) is 5.54 Å². The van der Waals surface area contributed by atoms with Gasteiger partial charge in [0, 0.05) is 23.1 Å². The average molecular weight is 468 g/mol. The van der Waals surface area contributed by atoms with Gasteiger partial charge in [-0.15, -0.1) is 11.8 Å². The summed E-state index contributed by atoms with van der Waals surface area (Å²) in [6.07, 6.45) is 2.06. The molecule has 2 fully saturated rings. The molecule has 0 aliphatic carbocycles. The summed E-state index contributed by atoms with van der Waals surface area (Å²) in [4.78, 5) is 43.0. The normalized spacial score (nSPS) is 25.5. The van der Waals surface area contributed by atoms with E-state index in [1.54, 1.807) is 35.0 Å². The number of hydrogen-bond donors (Lipinski definition) is 0. The van der Waals surface area contributed by atoms with E-state index in [0.717, 1.165) is 5.56 Å². The molecule has 1 amide bonds. The maximum absolute atomic E-state index is 13.3. The van der Waals surface area contributed by atoms with Crippen LogP contribution in [0, 0.1) is 10.1 Å². The molecular weight excluding hydrogens is 442 g/mol. The molecule has 3 atom stereocenters. The Hall–Kier alpha value is -3.20. The van der Waals surface area contributed by atoms with Gasteiger partial charge in [-0.25, -0.2) is 4.79 Å². The van der Waals surface area contributed by atoms with Crippen molar-refractivity contribution in [3.8, 4) is 0 Å². The van der Waals surface area contributed by atoms with Crippen LogP contribution in [-0.2, 0) is 20.9 Å². The molecule has 0 unspecified atom stereocenters. The second kappa shape index (κ2) is 8.62. The van der Waals surface area contributed by atoms with Crippen LogP contribution in [0.15, 0.2) is 59.6 Å². The minimum Gasteiger partial charge on any atom is -0.459 e. The molecule has 4 rings (SSSR count). The molecule has 2 saturated heterocycles. The van der Waals surface area contributed by atoms with Crippen molar-refractivity contribution in [1.29, 1.82) is 0 Å². The standard InChI is InChI=1S/C24H25N3O5S/c1-4-24(25-14-16-10-12-18(13-11-16)27(30)31)21(29)26-19(23(2,3)33-22(24)26)20(28)32-15-17-8-6-5-7-9-17/h5-14,19,22H,4,15H2,1-3H3/t19-,22+,24+/m0/s1. The Morgan fingerprint density at radius 3 is 2.48 bits per heavy atom. The minimum absolute atomic E-state index is 0.00629. The number of β-lactam (4-membered cyclic amide) rings is 1. The van der Waals surface area contributed by atoms with E-state index in [4.69, 9.17) is 4.74 Å². The van der Waals surface area contributed by atoms with Crippen molar-refractivity contribution in [3.63, 3.8) is 0 Å². The molecule has 0 aromatic heterocycles. The van der Waals surface area contributed by atoms with Crippen LogP contribution in [0.4, 0.5) is 5.69 Å². The lowest BCUT2D eigenvalue weighted by Crippen LogP contribution is -2.72. The number of thioether (sulfide) groups is 1. The van der Waals surface area contributed by atoms with Crippen molar-refractivity contribution in [1.82, 2.24) is 4.90 Å². The number of nitro groups is 1. The highest BCUT2D eigenvalue weighted by Gasteiger charge is 2.71. The van der Waals surface area contributed by atoms with Gasteiger partial charge >= 0.3 is 5.97 Å². The number of non-ortho nitro benzene ring substituents is 1. The lowest BCUT2D eigenvalue weighted by Gasteiger charge is -2.50. The Labute approximate surface area is 196 Å². The number of benzene rings is 2.